The number of piperidine rings is 1. The molecule has 5 heteroatoms. The molecule has 0 bridgehead atoms. The zero-order valence-electron chi connectivity index (χ0n) is 12.1. The maximum Gasteiger partial charge on any atom is 0.243 e. The van der Waals surface area contributed by atoms with Gasteiger partial charge in [0.05, 0.1) is 4.90 Å². The highest BCUT2D eigenvalue weighted by atomic mass is 79.9. The molecule has 3 nitrogen and oxygen atoms in total. The zero-order chi connectivity index (χ0) is 14.8. The molecule has 0 aliphatic carbocycles. The van der Waals surface area contributed by atoms with Crippen molar-refractivity contribution in [3.8, 4) is 0 Å². The summed E-state index contributed by atoms with van der Waals surface area (Å²) in [5.74, 6) is 0. The predicted octanol–water partition coefficient (Wildman–Crippen LogP) is 4.04. The lowest BCUT2D eigenvalue weighted by Gasteiger charge is -2.40. The maximum absolute atomic E-state index is 12.6. The number of rotatable bonds is 4. The Bertz CT molecular complexity index is 557. The van der Waals surface area contributed by atoms with Crippen molar-refractivity contribution in [1.82, 2.24) is 4.31 Å². The van der Waals surface area contributed by atoms with Crippen LogP contribution in [0.4, 0.5) is 0 Å². The Hall–Kier alpha value is -0.390. The molecule has 0 amide bonds. The normalized spacial score (nSPS) is 19.9. The maximum atomic E-state index is 12.6. The Morgan fingerprint density at radius 2 is 1.80 bits per heavy atom. The van der Waals surface area contributed by atoms with Gasteiger partial charge in [-0.15, -0.1) is 0 Å². The van der Waals surface area contributed by atoms with Gasteiger partial charge in [-0.1, -0.05) is 48.7 Å². The second-order valence-corrected chi connectivity index (χ2v) is 8.42. The minimum absolute atomic E-state index is 0.337. The minimum atomic E-state index is -3.35. The fraction of sp³-hybridized carbons (Fsp3) is 0.600. The first-order chi connectivity index (χ1) is 9.43. The molecular weight excluding hydrogens is 338 g/mol. The summed E-state index contributed by atoms with van der Waals surface area (Å²) in [6.45, 7) is 5.69. The predicted molar refractivity (Wildman–Crippen MR) is 85.1 cm³/mol. The van der Waals surface area contributed by atoms with Crippen molar-refractivity contribution in [2.75, 3.05) is 13.1 Å². The van der Waals surface area contributed by atoms with Gasteiger partial charge in [0.25, 0.3) is 0 Å². The second-order valence-electron chi connectivity index (χ2n) is 5.57. The average Bonchev–Trinajstić information content (AvgIpc) is 2.47. The smallest absolute Gasteiger partial charge is 0.207 e. The number of sulfonamides is 1. The molecule has 0 aromatic heterocycles. The quantitative estimate of drug-likeness (QED) is 0.813. The summed E-state index contributed by atoms with van der Waals surface area (Å²) < 4.78 is 27.7. The van der Waals surface area contributed by atoms with Crippen LogP contribution in [0.25, 0.3) is 0 Å². The fourth-order valence-corrected chi connectivity index (χ4v) is 4.97. The summed E-state index contributed by atoms with van der Waals surface area (Å²) in [7, 11) is -3.35. The van der Waals surface area contributed by atoms with E-state index in [-0.39, 0.29) is 0 Å². The summed E-state index contributed by atoms with van der Waals surface area (Å²) in [6, 6.07) is 6.95. The van der Waals surface area contributed by atoms with E-state index in [1.807, 2.05) is 6.07 Å². The van der Waals surface area contributed by atoms with Gasteiger partial charge in [0.2, 0.25) is 10.0 Å². The standard InChI is InChI=1S/C15H22BrNO2S/c1-3-15(4-2)8-10-17(11-9-15)20(18,19)14-7-5-6-13(16)12-14/h5-7,12H,3-4,8-11H2,1-2H3. The van der Waals surface area contributed by atoms with Crippen LogP contribution in [0.3, 0.4) is 0 Å². The van der Waals surface area contributed by atoms with E-state index in [0.717, 1.165) is 30.2 Å². The van der Waals surface area contributed by atoms with Crippen LogP contribution in [0.5, 0.6) is 0 Å². The van der Waals surface area contributed by atoms with Gasteiger partial charge < -0.3 is 0 Å². The largest absolute Gasteiger partial charge is 0.243 e. The Balaban J connectivity index is 2.17. The number of hydrogen-bond donors (Lipinski definition) is 0. The molecule has 2 rings (SSSR count). The van der Waals surface area contributed by atoms with Crippen LogP contribution in [-0.4, -0.2) is 25.8 Å². The van der Waals surface area contributed by atoms with E-state index in [0.29, 0.717) is 23.4 Å². The van der Waals surface area contributed by atoms with Crippen LogP contribution in [0.15, 0.2) is 33.6 Å². The zero-order valence-corrected chi connectivity index (χ0v) is 14.5. The molecule has 0 unspecified atom stereocenters. The molecule has 1 fully saturated rings. The monoisotopic (exact) mass is 359 g/mol. The van der Waals surface area contributed by atoms with Crippen molar-refractivity contribution in [3.05, 3.63) is 28.7 Å². The van der Waals surface area contributed by atoms with Crippen LogP contribution in [0, 0.1) is 5.41 Å². The van der Waals surface area contributed by atoms with E-state index in [4.69, 9.17) is 0 Å². The van der Waals surface area contributed by atoms with Crippen molar-refractivity contribution in [1.29, 1.82) is 0 Å². The number of benzene rings is 1. The highest BCUT2D eigenvalue weighted by molar-refractivity contribution is 9.10. The fourth-order valence-electron chi connectivity index (χ4n) is 2.93. The van der Waals surface area contributed by atoms with Crippen LogP contribution < -0.4 is 0 Å². The van der Waals surface area contributed by atoms with Crippen molar-refractivity contribution >= 4 is 26.0 Å². The molecule has 112 valence electrons. The molecule has 0 radical (unpaired) electrons. The van der Waals surface area contributed by atoms with Gasteiger partial charge in [0, 0.05) is 17.6 Å². The third kappa shape index (κ3) is 3.10. The molecule has 1 saturated heterocycles. The highest BCUT2D eigenvalue weighted by Gasteiger charge is 2.36. The molecule has 1 aliphatic rings. The number of hydrogen-bond acceptors (Lipinski definition) is 2. The number of halogens is 1. The Morgan fingerprint density at radius 1 is 1.20 bits per heavy atom. The minimum Gasteiger partial charge on any atom is -0.207 e. The van der Waals surface area contributed by atoms with E-state index in [9.17, 15) is 8.42 Å². The van der Waals surface area contributed by atoms with Crippen LogP contribution in [0.2, 0.25) is 0 Å². The molecule has 1 aliphatic heterocycles. The molecule has 0 spiro atoms. The first-order valence-corrected chi connectivity index (χ1v) is 9.42. The first kappa shape index (κ1) is 16.0. The van der Waals surface area contributed by atoms with Gasteiger partial charge in [-0.25, -0.2) is 8.42 Å². The SMILES string of the molecule is CCC1(CC)CCN(S(=O)(=O)c2cccc(Br)c2)CC1. The van der Waals surface area contributed by atoms with Crippen LogP contribution in [0.1, 0.15) is 39.5 Å². The second kappa shape index (κ2) is 6.16. The first-order valence-electron chi connectivity index (χ1n) is 7.19. The van der Waals surface area contributed by atoms with E-state index in [1.165, 1.54) is 0 Å². The highest BCUT2D eigenvalue weighted by Crippen LogP contribution is 2.39. The van der Waals surface area contributed by atoms with Gasteiger partial charge in [-0.2, -0.15) is 4.31 Å². The van der Waals surface area contributed by atoms with Crippen LogP contribution >= 0.6 is 15.9 Å². The summed E-state index contributed by atoms with van der Waals surface area (Å²) in [5.41, 5.74) is 0.337. The Morgan fingerprint density at radius 3 is 2.30 bits per heavy atom. The lowest BCUT2D eigenvalue weighted by molar-refractivity contribution is 0.141. The molecule has 0 N–H and O–H groups in total. The molecule has 1 aromatic carbocycles. The van der Waals surface area contributed by atoms with Crippen molar-refractivity contribution < 1.29 is 8.42 Å². The van der Waals surface area contributed by atoms with Crippen molar-refractivity contribution in [2.45, 2.75) is 44.4 Å². The van der Waals surface area contributed by atoms with Crippen molar-refractivity contribution in [3.63, 3.8) is 0 Å². The lowest BCUT2D eigenvalue weighted by atomic mass is 9.75. The molecular formula is C15H22BrNO2S. The van der Waals surface area contributed by atoms with Gasteiger partial charge in [-0.3, -0.25) is 0 Å². The summed E-state index contributed by atoms with van der Waals surface area (Å²) in [4.78, 5) is 0.382. The summed E-state index contributed by atoms with van der Waals surface area (Å²) >= 11 is 3.34. The van der Waals surface area contributed by atoms with Gasteiger partial charge in [-0.05, 0) is 36.5 Å². The lowest BCUT2D eigenvalue weighted by Crippen LogP contribution is -2.42. The van der Waals surface area contributed by atoms with Gasteiger partial charge in [0.15, 0.2) is 0 Å². The Kier molecular flexibility index (Phi) is 4.92. The van der Waals surface area contributed by atoms with E-state index >= 15 is 0 Å². The third-order valence-electron chi connectivity index (χ3n) is 4.72. The van der Waals surface area contributed by atoms with Crippen LogP contribution in [-0.2, 0) is 10.0 Å². The molecule has 20 heavy (non-hydrogen) atoms. The van der Waals surface area contributed by atoms with Gasteiger partial charge >= 0.3 is 0 Å². The summed E-state index contributed by atoms with van der Waals surface area (Å²) in [5, 5.41) is 0. The molecule has 0 saturated carbocycles. The topological polar surface area (TPSA) is 37.4 Å². The third-order valence-corrected chi connectivity index (χ3v) is 7.10. The Labute approximate surface area is 130 Å². The average molecular weight is 360 g/mol. The van der Waals surface area contributed by atoms with Gasteiger partial charge in [0.1, 0.15) is 0 Å². The van der Waals surface area contributed by atoms with E-state index in [2.05, 4.69) is 29.8 Å². The molecule has 1 heterocycles. The molecule has 0 atom stereocenters. The van der Waals surface area contributed by atoms with Crippen molar-refractivity contribution in [2.24, 2.45) is 5.41 Å². The molecule has 1 aromatic rings. The van der Waals surface area contributed by atoms with E-state index < -0.39 is 10.0 Å². The summed E-state index contributed by atoms with van der Waals surface area (Å²) in [6.07, 6.45) is 4.20. The number of nitrogens with zero attached hydrogens (tertiary/aromatic N) is 1. The van der Waals surface area contributed by atoms with E-state index in [1.54, 1.807) is 22.5 Å².